The third-order valence-electron chi connectivity index (χ3n) is 5.79. The molecule has 196 valence electrons. The second-order valence-corrected chi connectivity index (χ2v) is 9.78. The highest BCUT2D eigenvalue weighted by Gasteiger charge is 2.31. The molecule has 2 saturated heterocycles. The van der Waals surface area contributed by atoms with Gasteiger partial charge in [-0.3, -0.25) is 0 Å². The zero-order valence-electron chi connectivity index (χ0n) is 21.1. The van der Waals surface area contributed by atoms with Gasteiger partial charge in [0.15, 0.2) is 6.30 Å². The number of ether oxygens (including phenoxy) is 3. The molecular formula is C24H34FN7O4. The van der Waals surface area contributed by atoms with Gasteiger partial charge in [0, 0.05) is 31.4 Å². The Morgan fingerprint density at radius 1 is 1.22 bits per heavy atom. The smallest absolute Gasteiger partial charge is 0.410 e. The lowest BCUT2D eigenvalue weighted by molar-refractivity contribution is 0.00182. The van der Waals surface area contributed by atoms with Crippen LogP contribution in [0.1, 0.15) is 33.6 Å². The van der Waals surface area contributed by atoms with Gasteiger partial charge in [-0.15, -0.1) is 0 Å². The first-order valence-corrected chi connectivity index (χ1v) is 12.1. The van der Waals surface area contributed by atoms with Crippen LogP contribution < -0.4 is 20.3 Å². The predicted octanol–water partition coefficient (Wildman–Crippen LogP) is 3.26. The summed E-state index contributed by atoms with van der Waals surface area (Å²) < 4.78 is 31.3. The van der Waals surface area contributed by atoms with Crippen LogP contribution in [0.4, 0.5) is 26.5 Å². The Morgan fingerprint density at radius 2 is 2.06 bits per heavy atom. The third kappa shape index (κ3) is 6.62. The van der Waals surface area contributed by atoms with E-state index in [9.17, 15) is 9.18 Å². The molecule has 2 aromatic heterocycles. The number of carbonyl (C=O) groups is 1. The molecule has 0 saturated carbocycles. The minimum Gasteiger partial charge on any atom is -0.480 e. The Labute approximate surface area is 210 Å². The first-order valence-electron chi connectivity index (χ1n) is 12.1. The molecule has 4 heterocycles. The molecule has 0 aliphatic carbocycles. The van der Waals surface area contributed by atoms with Crippen LogP contribution in [-0.4, -0.2) is 83.5 Å². The molecule has 11 nitrogen and oxygen atoms in total. The summed E-state index contributed by atoms with van der Waals surface area (Å²) in [7, 11) is 1.54. The lowest BCUT2D eigenvalue weighted by Crippen LogP contribution is -2.51. The van der Waals surface area contributed by atoms with E-state index < -0.39 is 18.1 Å². The van der Waals surface area contributed by atoms with Crippen molar-refractivity contribution in [3.8, 4) is 5.88 Å². The molecule has 36 heavy (non-hydrogen) atoms. The van der Waals surface area contributed by atoms with Crippen LogP contribution in [-0.2, 0) is 9.47 Å². The zero-order valence-corrected chi connectivity index (χ0v) is 21.1. The summed E-state index contributed by atoms with van der Waals surface area (Å²) in [6.07, 6.45) is 2.57. The summed E-state index contributed by atoms with van der Waals surface area (Å²) in [5.41, 5.74) is 0.105. The fourth-order valence-electron chi connectivity index (χ4n) is 4.17. The first-order chi connectivity index (χ1) is 17.2. The second-order valence-electron chi connectivity index (χ2n) is 9.78. The number of likely N-dealkylation sites (tertiary alicyclic amines) is 1. The Kier molecular flexibility index (Phi) is 7.92. The van der Waals surface area contributed by atoms with E-state index in [0.29, 0.717) is 36.3 Å². The summed E-state index contributed by atoms with van der Waals surface area (Å²) in [5, 5.41) is 6.57. The van der Waals surface area contributed by atoms with Crippen LogP contribution in [0, 0.1) is 0 Å². The number of hydrogen-bond acceptors (Lipinski definition) is 10. The maximum Gasteiger partial charge on any atom is 0.410 e. The molecule has 12 heteroatoms. The highest BCUT2D eigenvalue weighted by Crippen LogP contribution is 2.26. The standard InChI is InChI=1S/C24H34FN7O4/c1-24(2,3)36-23(33)31-10-6-7-16(12-31)29-19-11-20(28-15-27-19)32-13-21(35-14-18(32)25)30-17-8-5-9-26-22(17)34-4/h5,8-9,11,15-16,18,21,30H,6-7,10,12-14H2,1-4H3,(H,27,28,29). The highest BCUT2D eigenvalue weighted by atomic mass is 19.1. The number of aromatic nitrogens is 3. The number of halogens is 1. The average Bonchev–Trinajstić information content (AvgIpc) is 2.85. The minimum atomic E-state index is -1.36. The molecule has 2 aromatic rings. The van der Waals surface area contributed by atoms with E-state index in [4.69, 9.17) is 14.2 Å². The molecule has 3 unspecified atom stereocenters. The lowest BCUT2D eigenvalue weighted by Gasteiger charge is -2.37. The van der Waals surface area contributed by atoms with Crippen molar-refractivity contribution in [2.45, 2.75) is 57.8 Å². The fourth-order valence-corrected chi connectivity index (χ4v) is 4.17. The van der Waals surface area contributed by atoms with E-state index in [0.717, 1.165) is 12.8 Å². The molecule has 2 aliphatic rings. The van der Waals surface area contributed by atoms with Crippen molar-refractivity contribution < 1.29 is 23.4 Å². The van der Waals surface area contributed by atoms with Crippen LogP contribution in [0.2, 0.25) is 0 Å². The number of piperidine rings is 1. The van der Waals surface area contributed by atoms with Gasteiger partial charge in [-0.05, 0) is 45.7 Å². The predicted molar refractivity (Wildman–Crippen MR) is 133 cm³/mol. The monoisotopic (exact) mass is 503 g/mol. The van der Waals surface area contributed by atoms with Crippen LogP contribution in [0.3, 0.4) is 0 Å². The van der Waals surface area contributed by atoms with Crippen molar-refractivity contribution in [3.05, 3.63) is 30.7 Å². The molecule has 0 radical (unpaired) electrons. The molecule has 2 aliphatic heterocycles. The van der Waals surface area contributed by atoms with Crippen molar-refractivity contribution in [3.63, 3.8) is 0 Å². The summed E-state index contributed by atoms with van der Waals surface area (Å²) in [5.74, 6) is 1.43. The summed E-state index contributed by atoms with van der Waals surface area (Å²) in [4.78, 5) is 28.5. The topological polar surface area (TPSA) is 114 Å². The van der Waals surface area contributed by atoms with Crippen molar-refractivity contribution >= 4 is 23.4 Å². The third-order valence-corrected chi connectivity index (χ3v) is 5.79. The van der Waals surface area contributed by atoms with Crippen LogP contribution in [0.25, 0.3) is 0 Å². The number of rotatable bonds is 6. The van der Waals surface area contributed by atoms with E-state index in [1.165, 1.54) is 18.3 Å². The van der Waals surface area contributed by atoms with Gasteiger partial charge in [0.05, 0.1) is 25.9 Å². The number of carbonyl (C=O) groups excluding carboxylic acids is 1. The van der Waals surface area contributed by atoms with E-state index in [1.54, 1.807) is 23.2 Å². The number of methoxy groups -OCH3 is 1. The fraction of sp³-hybridized carbons (Fsp3) is 0.583. The van der Waals surface area contributed by atoms with Gasteiger partial charge in [0.1, 0.15) is 29.8 Å². The number of nitrogens with one attached hydrogen (secondary N) is 2. The quantitative estimate of drug-likeness (QED) is 0.569. The summed E-state index contributed by atoms with van der Waals surface area (Å²) in [6.45, 7) is 6.79. The number of amides is 1. The zero-order chi connectivity index (χ0) is 25.7. The molecule has 0 spiro atoms. The Hall–Kier alpha value is -3.41. The molecule has 1 amide bonds. The Bertz CT molecular complexity index is 1040. The van der Waals surface area contributed by atoms with Crippen LogP contribution in [0.5, 0.6) is 5.88 Å². The number of morpholine rings is 1. The van der Waals surface area contributed by atoms with Crippen molar-refractivity contribution in [1.29, 1.82) is 0 Å². The van der Waals surface area contributed by atoms with E-state index in [2.05, 4.69) is 25.6 Å². The maximum atomic E-state index is 14.9. The van der Waals surface area contributed by atoms with E-state index in [1.807, 2.05) is 26.8 Å². The van der Waals surface area contributed by atoms with Gasteiger partial charge in [-0.1, -0.05) is 0 Å². The van der Waals surface area contributed by atoms with Gasteiger partial charge < -0.3 is 34.6 Å². The number of anilines is 3. The van der Waals surface area contributed by atoms with Crippen LogP contribution in [0.15, 0.2) is 30.7 Å². The van der Waals surface area contributed by atoms with Crippen LogP contribution >= 0.6 is 0 Å². The van der Waals surface area contributed by atoms with Crippen molar-refractivity contribution in [2.75, 3.05) is 48.9 Å². The SMILES string of the molecule is COc1ncccc1NC1CN(c2cc(NC3CCCN(C(=O)OC(C)(C)C)C3)ncn2)C(F)CO1. The van der Waals surface area contributed by atoms with Gasteiger partial charge in [-0.2, -0.15) is 0 Å². The molecule has 4 rings (SSSR count). The number of hydrogen-bond donors (Lipinski definition) is 2. The van der Waals surface area contributed by atoms with Gasteiger partial charge in [0.2, 0.25) is 5.88 Å². The lowest BCUT2D eigenvalue weighted by atomic mass is 10.1. The minimum absolute atomic E-state index is 0.00709. The first kappa shape index (κ1) is 25.7. The molecule has 2 fully saturated rings. The summed E-state index contributed by atoms with van der Waals surface area (Å²) in [6, 6.07) is 5.30. The molecule has 2 N–H and O–H groups in total. The second kappa shape index (κ2) is 11.1. The van der Waals surface area contributed by atoms with Gasteiger partial charge in [0.25, 0.3) is 0 Å². The Morgan fingerprint density at radius 3 is 2.83 bits per heavy atom. The molecular weight excluding hydrogens is 469 g/mol. The number of pyridine rings is 1. The number of alkyl halides is 1. The maximum absolute atomic E-state index is 14.9. The largest absolute Gasteiger partial charge is 0.480 e. The van der Waals surface area contributed by atoms with E-state index >= 15 is 0 Å². The van der Waals surface area contributed by atoms with Gasteiger partial charge in [-0.25, -0.2) is 24.1 Å². The van der Waals surface area contributed by atoms with Gasteiger partial charge >= 0.3 is 6.09 Å². The molecule has 0 aromatic carbocycles. The van der Waals surface area contributed by atoms with E-state index in [-0.39, 0.29) is 25.3 Å². The average molecular weight is 504 g/mol. The highest BCUT2D eigenvalue weighted by molar-refractivity contribution is 5.68. The number of nitrogens with zero attached hydrogens (tertiary/aromatic N) is 5. The molecule has 3 atom stereocenters. The molecule has 0 bridgehead atoms. The summed E-state index contributed by atoms with van der Waals surface area (Å²) >= 11 is 0. The van der Waals surface area contributed by atoms with Crippen molar-refractivity contribution in [2.24, 2.45) is 0 Å². The normalized spacial score (nSPS) is 22.6. The van der Waals surface area contributed by atoms with Crippen molar-refractivity contribution in [1.82, 2.24) is 19.9 Å². The Balaban J connectivity index is 1.40.